The van der Waals surface area contributed by atoms with Crippen LogP contribution in [-0.2, 0) is 26.2 Å². The molecule has 3 rings (SSSR count). The molecule has 1 N–H and O–H groups in total. The minimum absolute atomic E-state index is 0.0373. The maximum atomic E-state index is 13.8. The lowest BCUT2D eigenvalue weighted by molar-refractivity contribution is -0.139. The van der Waals surface area contributed by atoms with E-state index in [1.54, 1.807) is 81.4 Å². The molecule has 0 aliphatic heterocycles. The molecule has 0 aliphatic carbocycles. The van der Waals surface area contributed by atoms with Gasteiger partial charge in [-0.05, 0) is 74.4 Å². The summed E-state index contributed by atoms with van der Waals surface area (Å²) in [5, 5.41) is 3.66. The highest BCUT2D eigenvalue weighted by Crippen LogP contribution is 2.29. The molecule has 0 saturated heterocycles. The van der Waals surface area contributed by atoms with Crippen molar-refractivity contribution in [2.75, 3.05) is 17.4 Å². The lowest BCUT2D eigenvalue weighted by atomic mass is 10.1. The number of anilines is 1. The van der Waals surface area contributed by atoms with E-state index in [-0.39, 0.29) is 17.3 Å². The van der Waals surface area contributed by atoms with Crippen LogP contribution in [-0.4, -0.2) is 44.3 Å². The number of hydrogen-bond acceptors (Lipinski definition) is 4. The second-order valence-electron chi connectivity index (χ2n) is 8.48. The molecular formula is C27H29Cl2N3O4S. The van der Waals surface area contributed by atoms with Gasteiger partial charge in [0.2, 0.25) is 11.8 Å². The number of amides is 2. The topological polar surface area (TPSA) is 86.8 Å². The highest BCUT2D eigenvalue weighted by atomic mass is 35.5. The number of sulfonamides is 1. The minimum Gasteiger partial charge on any atom is -0.355 e. The molecule has 0 fully saturated rings. The number of hydrogen-bond donors (Lipinski definition) is 1. The molecule has 2 amide bonds. The molecule has 0 bridgehead atoms. The van der Waals surface area contributed by atoms with Gasteiger partial charge in [0.1, 0.15) is 12.6 Å². The molecule has 10 heteroatoms. The van der Waals surface area contributed by atoms with Gasteiger partial charge in [0.15, 0.2) is 0 Å². The van der Waals surface area contributed by atoms with Gasteiger partial charge >= 0.3 is 0 Å². The molecule has 0 unspecified atom stereocenters. The standard InChI is InChI=1S/C27H29Cl2N3O4S/c1-4-30-27(34)20(3)31(17-21-9-8-10-22(28)16-21)26(33)18-32(25-14-13-23(29)15-19(25)2)37(35,36)24-11-6-5-7-12-24/h5-16,20H,4,17-18H2,1-3H3,(H,30,34)/t20-/m1/s1. The number of likely N-dealkylation sites (N-methyl/N-ethyl adjacent to an activating group) is 1. The fraction of sp³-hybridized carbons (Fsp3) is 0.259. The summed E-state index contributed by atoms with van der Waals surface area (Å²) >= 11 is 12.3. The molecule has 7 nitrogen and oxygen atoms in total. The molecule has 1 atom stereocenters. The van der Waals surface area contributed by atoms with Crippen LogP contribution in [0.3, 0.4) is 0 Å². The number of benzene rings is 3. The number of rotatable bonds is 10. The van der Waals surface area contributed by atoms with Crippen LogP contribution in [0, 0.1) is 6.92 Å². The number of carbonyl (C=O) groups excluding carboxylic acids is 2. The van der Waals surface area contributed by atoms with Crippen molar-refractivity contribution in [3.63, 3.8) is 0 Å². The monoisotopic (exact) mass is 561 g/mol. The van der Waals surface area contributed by atoms with E-state index < -0.39 is 28.5 Å². The highest BCUT2D eigenvalue weighted by Gasteiger charge is 2.33. The number of halogens is 2. The predicted molar refractivity (Wildman–Crippen MR) is 147 cm³/mol. The molecule has 0 radical (unpaired) electrons. The predicted octanol–water partition coefficient (Wildman–Crippen LogP) is 5.05. The molecule has 0 spiro atoms. The van der Waals surface area contributed by atoms with E-state index in [2.05, 4.69) is 5.32 Å². The van der Waals surface area contributed by atoms with Crippen molar-refractivity contribution >= 4 is 50.7 Å². The molecule has 0 saturated carbocycles. The first-order chi connectivity index (χ1) is 17.5. The van der Waals surface area contributed by atoms with Crippen molar-refractivity contribution in [2.24, 2.45) is 0 Å². The Kier molecular flexibility index (Phi) is 9.59. The highest BCUT2D eigenvalue weighted by molar-refractivity contribution is 7.92. The maximum Gasteiger partial charge on any atom is 0.264 e. The maximum absolute atomic E-state index is 13.8. The molecule has 37 heavy (non-hydrogen) atoms. The average molecular weight is 563 g/mol. The molecule has 0 heterocycles. The average Bonchev–Trinajstić information content (AvgIpc) is 2.86. The van der Waals surface area contributed by atoms with Crippen LogP contribution in [0.25, 0.3) is 0 Å². The third kappa shape index (κ3) is 7.03. The summed E-state index contributed by atoms with van der Waals surface area (Å²) in [6, 6.07) is 18.8. The van der Waals surface area contributed by atoms with Crippen LogP contribution in [0.1, 0.15) is 25.0 Å². The summed E-state index contributed by atoms with van der Waals surface area (Å²) in [5.74, 6) is -0.898. The Morgan fingerprint density at radius 1 is 0.946 bits per heavy atom. The van der Waals surface area contributed by atoms with Crippen molar-refractivity contribution < 1.29 is 18.0 Å². The summed E-state index contributed by atoms with van der Waals surface area (Å²) in [5.41, 5.74) is 1.60. The van der Waals surface area contributed by atoms with Crippen LogP contribution in [0.15, 0.2) is 77.7 Å². The lowest BCUT2D eigenvalue weighted by Crippen LogP contribution is -2.51. The van der Waals surface area contributed by atoms with Crippen LogP contribution in [0.5, 0.6) is 0 Å². The van der Waals surface area contributed by atoms with Crippen molar-refractivity contribution in [1.82, 2.24) is 10.2 Å². The van der Waals surface area contributed by atoms with Gasteiger partial charge in [-0.3, -0.25) is 13.9 Å². The number of nitrogens with zero attached hydrogens (tertiary/aromatic N) is 2. The van der Waals surface area contributed by atoms with E-state index in [9.17, 15) is 18.0 Å². The Morgan fingerprint density at radius 3 is 2.24 bits per heavy atom. The number of aryl methyl sites for hydroxylation is 1. The SMILES string of the molecule is CCNC(=O)[C@@H](C)N(Cc1cccc(Cl)c1)C(=O)CN(c1ccc(Cl)cc1C)S(=O)(=O)c1ccccc1. The van der Waals surface area contributed by atoms with Crippen LogP contribution < -0.4 is 9.62 Å². The zero-order chi connectivity index (χ0) is 27.2. The Balaban J connectivity index is 2.05. The van der Waals surface area contributed by atoms with Gasteiger partial charge in [0.25, 0.3) is 10.0 Å². The lowest BCUT2D eigenvalue weighted by Gasteiger charge is -2.32. The Hall–Kier alpha value is -3.07. The van der Waals surface area contributed by atoms with Gasteiger partial charge in [-0.25, -0.2) is 8.42 Å². The van der Waals surface area contributed by atoms with Crippen LogP contribution in [0.2, 0.25) is 10.0 Å². The van der Waals surface area contributed by atoms with E-state index in [1.807, 2.05) is 0 Å². The van der Waals surface area contributed by atoms with Crippen molar-refractivity contribution in [3.05, 3.63) is 94.0 Å². The minimum atomic E-state index is -4.13. The first-order valence-corrected chi connectivity index (χ1v) is 13.9. The van der Waals surface area contributed by atoms with E-state index in [0.717, 1.165) is 4.31 Å². The van der Waals surface area contributed by atoms with Gasteiger partial charge in [-0.2, -0.15) is 0 Å². The summed E-state index contributed by atoms with van der Waals surface area (Å²) in [7, 11) is -4.13. The summed E-state index contributed by atoms with van der Waals surface area (Å²) in [6.45, 7) is 5.05. The third-order valence-electron chi connectivity index (χ3n) is 5.80. The second kappa shape index (κ2) is 12.4. The summed E-state index contributed by atoms with van der Waals surface area (Å²) in [6.07, 6.45) is 0. The Bertz CT molecular complexity index is 1370. The Morgan fingerprint density at radius 2 is 1.62 bits per heavy atom. The van der Waals surface area contributed by atoms with E-state index in [4.69, 9.17) is 23.2 Å². The van der Waals surface area contributed by atoms with Gasteiger partial charge in [-0.1, -0.05) is 53.5 Å². The zero-order valence-corrected chi connectivity index (χ0v) is 23.1. The molecule has 3 aromatic carbocycles. The molecule has 0 aliphatic rings. The molecule has 0 aromatic heterocycles. The zero-order valence-electron chi connectivity index (χ0n) is 20.8. The van der Waals surface area contributed by atoms with Crippen LogP contribution in [0.4, 0.5) is 5.69 Å². The summed E-state index contributed by atoms with van der Waals surface area (Å²) < 4.78 is 28.6. The van der Waals surface area contributed by atoms with Crippen molar-refractivity contribution in [3.8, 4) is 0 Å². The fourth-order valence-electron chi connectivity index (χ4n) is 3.87. The van der Waals surface area contributed by atoms with E-state index in [1.165, 1.54) is 17.0 Å². The smallest absolute Gasteiger partial charge is 0.264 e. The third-order valence-corrected chi connectivity index (χ3v) is 8.04. The summed E-state index contributed by atoms with van der Waals surface area (Å²) in [4.78, 5) is 27.9. The van der Waals surface area contributed by atoms with Gasteiger partial charge in [-0.15, -0.1) is 0 Å². The first-order valence-electron chi connectivity index (χ1n) is 11.7. The molecular weight excluding hydrogens is 533 g/mol. The van der Waals surface area contributed by atoms with Crippen LogP contribution >= 0.6 is 23.2 Å². The van der Waals surface area contributed by atoms with Gasteiger partial charge in [0.05, 0.1) is 10.6 Å². The first kappa shape index (κ1) is 28.5. The second-order valence-corrected chi connectivity index (χ2v) is 11.2. The molecule has 3 aromatic rings. The van der Waals surface area contributed by atoms with Gasteiger partial charge < -0.3 is 10.2 Å². The molecule has 196 valence electrons. The van der Waals surface area contributed by atoms with Crippen molar-refractivity contribution in [1.29, 1.82) is 0 Å². The largest absolute Gasteiger partial charge is 0.355 e. The quantitative estimate of drug-likeness (QED) is 0.375. The normalized spacial score (nSPS) is 12.0. The van der Waals surface area contributed by atoms with Crippen molar-refractivity contribution in [2.45, 2.75) is 38.3 Å². The van der Waals surface area contributed by atoms with E-state index >= 15 is 0 Å². The fourth-order valence-corrected chi connectivity index (χ4v) is 5.81. The number of nitrogens with one attached hydrogen (secondary N) is 1. The number of carbonyl (C=O) groups is 2. The Labute approximate surface area is 228 Å². The van der Waals surface area contributed by atoms with E-state index in [0.29, 0.717) is 33.4 Å². The van der Waals surface area contributed by atoms with Gasteiger partial charge in [0, 0.05) is 23.1 Å².